The summed E-state index contributed by atoms with van der Waals surface area (Å²) in [5.74, 6) is 6.48. The van der Waals surface area contributed by atoms with E-state index in [-0.39, 0.29) is 24.2 Å². The van der Waals surface area contributed by atoms with Crippen molar-refractivity contribution in [3.63, 3.8) is 0 Å². The Hall–Kier alpha value is -4.68. The fourth-order valence-corrected chi connectivity index (χ4v) is 5.50. The summed E-state index contributed by atoms with van der Waals surface area (Å²) in [5, 5.41) is 9.28. The number of benzene rings is 2. The molecule has 0 amide bonds. The number of likely N-dealkylation sites (tertiary alicyclic amines) is 1. The molecule has 0 bridgehead atoms. The standard InChI is InChI=1S/C35H39N5O6/c1-3-44-35(42)46-25(2)45-33-32(37-24-38-34(33)41)18-31(23-40-21-29(19-36)22-40)30-12-10-27(11-13-30)5-4-26-6-8-28(9-7-26)20-39-14-16-43-17-15-39/h6-13,24-25,29,31H,3,14-18,20-23H2,1-2H3,(H,37,38,41)/t25?,31-/m1/s1. The lowest BCUT2D eigenvalue weighted by Crippen LogP contribution is -2.47. The summed E-state index contributed by atoms with van der Waals surface area (Å²) in [6, 6.07) is 18.8. The Morgan fingerprint density at radius 1 is 1.07 bits per heavy atom. The molecule has 2 fully saturated rings. The van der Waals surface area contributed by atoms with Crippen molar-refractivity contribution in [2.45, 2.75) is 39.0 Å². The van der Waals surface area contributed by atoms with Crippen molar-refractivity contribution in [3.8, 4) is 23.7 Å². The van der Waals surface area contributed by atoms with Gasteiger partial charge in [0.15, 0.2) is 0 Å². The second-order valence-corrected chi connectivity index (χ2v) is 11.4. The van der Waals surface area contributed by atoms with Gasteiger partial charge in [-0.15, -0.1) is 0 Å². The van der Waals surface area contributed by atoms with E-state index in [1.807, 2.05) is 24.3 Å². The molecule has 1 N–H and O–H groups in total. The van der Waals surface area contributed by atoms with Gasteiger partial charge in [0, 0.05) is 69.7 Å². The fraction of sp³-hybridized carbons (Fsp3) is 0.429. The van der Waals surface area contributed by atoms with Gasteiger partial charge in [0.2, 0.25) is 12.0 Å². The Morgan fingerprint density at radius 3 is 2.39 bits per heavy atom. The number of aromatic amines is 1. The average molecular weight is 626 g/mol. The number of hydrogen-bond donors (Lipinski definition) is 1. The highest BCUT2D eigenvalue weighted by Crippen LogP contribution is 2.28. The Labute approximate surface area is 269 Å². The molecule has 3 heterocycles. The van der Waals surface area contributed by atoms with Crippen molar-refractivity contribution >= 4 is 6.16 Å². The van der Waals surface area contributed by atoms with E-state index in [1.54, 1.807) is 6.92 Å². The maximum atomic E-state index is 12.8. The van der Waals surface area contributed by atoms with Gasteiger partial charge in [0.05, 0.1) is 43.8 Å². The first-order valence-corrected chi connectivity index (χ1v) is 15.6. The molecule has 1 unspecified atom stereocenters. The number of nitrogens with one attached hydrogen (secondary N) is 1. The summed E-state index contributed by atoms with van der Waals surface area (Å²) < 4.78 is 21.1. The number of H-pyrrole nitrogens is 1. The number of rotatable bonds is 11. The van der Waals surface area contributed by atoms with Crippen molar-refractivity contribution in [1.82, 2.24) is 19.8 Å². The zero-order valence-corrected chi connectivity index (χ0v) is 26.2. The smallest absolute Gasteiger partial charge is 0.447 e. The van der Waals surface area contributed by atoms with Gasteiger partial charge < -0.3 is 28.8 Å². The zero-order valence-electron chi connectivity index (χ0n) is 26.2. The van der Waals surface area contributed by atoms with Gasteiger partial charge in [-0.05, 0) is 42.3 Å². The van der Waals surface area contributed by atoms with E-state index in [9.17, 15) is 14.9 Å². The van der Waals surface area contributed by atoms with E-state index >= 15 is 0 Å². The minimum atomic E-state index is -1.06. The first-order chi connectivity index (χ1) is 22.4. The monoisotopic (exact) mass is 625 g/mol. The van der Waals surface area contributed by atoms with Crippen LogP contribution in [0.4, 0.5) is 4.79 Å². The lowest BCUT2D eigenvalue weighted by atomic mass is 9.90. The second kappa shape index (κ2) is 16.1. The summed E-state index contributed by atoms with van der Waals surface area (Å²) >= 11 is 0. The molecule has 3 aromatic rings. The topological polar surface area (TPSA) is 130 Å². The highest BCUT2D eigenvalue weighted by Gasteiger charge is 2.30. The highest BCUT2D eigenvalue weighted by molar-refractivity contribution is 5.59. The third kappa shape index (κ3) is 9.18. The largest absolute Gasteiger partial charge is 0.511 e. The van der Waals surface area contributed by atoms with Crippen LogP contribution < -0.4 is 10.3 Å². The van der Waals surface area contributed by atoms with Crippen LogP contribution in [0.2, 0.25) is 0 Å². The highest BCUT2D eigenvalue weighted by atomic mass is 16.8. The van der Waals surface area contributed by atoms with Crippen LogP contribution in [0, 0.1) is 29.1 Å². The molecule has 2 saturated heterocycles. The van der Waals surface area contributed by atoms with E-state index in [0.29, 0.717) is 31.7 Å². The predicted molar refractivity (Wildman–Crippen MR) is 170 cm³/mol. The predicted octanol–water partition coefficient (Wildman–Crippen LogP) is 3.68. The average Bonchev–Trinajstić information content (AvgIpc) is 3.04. The van der Waals surface area contributed by atoms with E-state index in [2.05, 4.69) is 61.9 Å². The molecule has 2 aliphatic rings. The second-order valence-electron chi connectivity index (χ2n) is 11.4. The first-order valence-electron chi connectivity index (χ1n) is 15.6. The third-order valence-corrected chi connectivity index (χ3v) is 7.95. The molecular weight excluding hydrogens is 586 g/mol. The van der Waals surface area contributed by atoms with Crippen LogP contribution in [0.15, 0.2) is 59.7 Å². The minimum absolute atomic E-state index is 0.0127. The Kier molecular flexibility index (Phi) is 11.4. The van der Waals surface area contributed by atoms with Gasteiger partial charge in [-0.25, -0.2) is 9.78 Å². The number of hydrogen-bond acceptors (Lipinski definition) is 10. The number of carbonyl (C=O) groups is 1. The fourth-order valence-electron chi connectivity index (χ4n) is 5.50. The molecule has 0 spiro atoms. The normalized spacial score (nSPS) is 16.6. The van der Waals surface area contributed by atoms with Crippen LogP contribution in [0.1, 0.15) is 47.7 Å². The number of nitrogens with zero attached hydrogens (tertiary/aromatic N) is 4. The van der Waals surface area contributed by atoms with Crippen LogP contribution in [0.25, 0.3) is 0 Å². The Bertz CT molecular complexity index is 1610. The molecule has 0 saturated carbocycles. The maximum Gasteiger partial charge on any atom is 0.511 e. The van der Waals surface area contributed by atoms with Crippen LogP contribution >= 0.6 is 0 Å². The van der Waals surface area contributed by atoms with Crippen LogP contribution in [0.5, 0.6) is 5.75 Å². The van der Waals surface area contributed by atoms with Crippen molar-refractivity contribution in [3.05, 3.63) is 93.2 Å². The van der Waals surface area contributed by atoms with Crippen LogP contribution in [-0.4, -0.2) is 84.8 Å². The van der Waals surface area contributed by atoms with Crippen LogP contribution in [0.3, 0.4) is 0 Å². The number of carbonyl (C=O) groups excluding carboxylic acids is 1. The number of ether oxygens (including phenoxy) is 4. The summed E-state index contributed by atoms with van der Waals surface area (Å²) in [7, 11) is 0. The molecule has 11 nitrogen and oxygen atoms in total. The lowest BCUT2D eigenvalue weighted by molar-refractivity contribution is -0.0531. The van der Waals surface area contributed by atoms with Crippen molar-refractivity contribution in [2.75, 3.05) is 52.5 Å². The minimum Gasteiger partial charge on any atom is -0.447 e. The Morgan fingerprint density at radius 2 is 1.74 bits per heavy atom. The molecule has 1 aromatic heterocycles. The Balaban J connectivity index is 1.28. The SMILES string of the molecule is CCOC(=O)OC(C)Oc1c(C[C@H](CN2CC(C#N)C2)c2ccc(C#Cc3ccc(CN4CCOCC4)cc3)cc2)nc[nH]c1=O. The van der Waals surface area contributed by atoms with Gasteiger partial charge in [-0.3, -0.25) is 9.69 Å². The van der Waals surface area contributed by atoms with Gasteiger partial charge in [0.25, 0.3) is 5.56 Å². The zero-order chi connectivity index (χ0) is 32.3. The third-order valence-electron chi connectivity index (χ3n) is 7.95. The molecule has 5 rings (SSSR count). The maximum absolute atomic E-state index is 12.8. The molecule has 0 aliphatic carbocycles. The molecule has 2 aliphatic heterocycles. The molecule has 11 heteroatoms. The molecule has 0 radical (unpaired) electrons. The van der Waals surface area contributed by atoms with Crippen molar-refractivity contribution in [2.24, 2.45) is 5.92 Å². The molecular formula is C35H39N5O6. The molecule has 2 aromatic carbocycles. The van der Waals surface area contributed by atoms with Gasteiger partial charge in [0.1, 0.15) is 0 Å². The van der Waals surface area contributed by atoms with E-state index < -0.39 is 18.0 Å². The van der Waals surface area contributed by atoms with Crippen molar-refractivity contribution in [1.29, 1.82) is 5.26 Å². The van der Waals surface area contributed by atoms with Crippen LogP contribution in [-0.2, 0) is 27.2 Å². The summed E-state index contributed by atoms with van der Waals surface area (Å²) in [4.78, 5) is 36.1. The van der Waals surface area contributed by atoms with Gasteiger partial charge in [-0.2, -0.15) is 5.26 Å². The molecule has 46 heavy (non-hydrogen) atoms. The van der Waals surface area contributed by atoms with E-state index in [1.165, 1.54) is 18.8 Å². The van der Waals surface area contributed by atoms with E-state index in [0.717, 1.165) is 49.5 Å². The molecule has 2 atom stereocenters. The first kappa shape index (κ1) is 32.7. The molecule has 240 valence electrons. The summed E-state index contributed by atoms with van der Waals surface area (Å²) in [5.41, 5.74) is 4.10. The van der Waals surface area contributed by atoms with Gasteiger partial charge >= 0.3 is 6.16 Å². The summed E-state index contributed by atoms with van der Waals surface area (Å²) in [6.45, 7) is 9.78. The number of morpholine rings is 1. The van der Waals surface area contributed by atoms with E-state index in [4.69, 9.17) is 18.9 Å². The quantitative estimate of drug-likeness (QED) is 0.191. The van der Waals surface area contributed by atoms with Gasteiger partial charge in [-0.1, -0.05) is 36.1 Å². The number of nitriles is 1. The summed E-state index contributed by atoms with van der Waals surface area (Å²) in [6.07, 6.45) is -0.224. The number of aromatic nitrogens is 2. The lowest BCUT2D eigenvalue weighted by Gasteiger charge is -2.38. The van der Waals surface area contributed by atoms with Crippen molar-refractivity contribution < 1.29 is 23.7 Å².